The summed E-state index contributed by atoms with van der Waals surface area (Å²) >= 11 is 0. The van der Waals surface area contributed by atoms with Crippen molar-refractivity contribution < 1.29 is 23.8 Å². The summed E-state index contributed by atoms with van der Waals surface area (Å²) in [4.78, 5) is 26.9. The minimum absolute atomic E-state index is 0.282. The van der Waals surface area contributed by atoms with Crippen molar-refractivity contribution >= 4 is 59.6 Å². The van der Waals surface area contributed by atoms with Crippen molar-refractivity contribution in [2.24, 2.45) is 11.8 Å². The molecule has 0 saturated heterocycles. The second kappa shape index (κ2) is 18.1. The largest absolute Gasteiger partial charge is 0.456 e. The average Bonchev–Trinajstić information content (AvgIpc) is 3.21. The Balaban J connectivity index is 1.60. The molecule has 0 aromatic heterocycles. The van der Waals surface area contributed by atoms with Crippen LogP contribution in [-0.2, 0) is 9.59 Å². The van der Waals surface area contributed by atoms with E-state index in [2.05, 4.69) is 48.5 Å². The van der Waals surface area contributed by atoms with Gasteiger partial charge in [-0.3, -0.25) is 9.59 Å². The van der Waals surface area contributed by atoms with Crippen LogP contribution >= 0.6 is 15.8 Å². The molecule has 2 atom stereocenters. The molecule has 0 spiro atoms. The van der Waals surface area contributed by atoms with Crippen molar-refractivity contribution in [2.75, 3.05) is 0 Å². The van der Waals surface area contributed by atoms with Crippen LogP contribution in [0.2, 0.25) is 0 Å². The summed E-state index contributed by atoms with van der Waals surface area (Å²) in [7, 11) is -2.53. The first-order valence-electron chi connectivity index (χ1n) is 18.1. The second-order valence-corrected chi connectivity index (χ2v) is 17.1. The molecule has 0 aliphatic heterocycles. The third kappa shape index (κ3) is 8.94. The van der Waals surface area contributed by atoms with Gasteiger partial charge in [-0.2, -0.15) is 0 Å². The number of ether oxygens (including phenoxy) is 3. The van der Waals surface area contributed by atoms with Gasteiger partial charge < -0.3 is 14.2 Å². The molecule has 6 aromatic carbocycles. The molecule has 0 saturated carbocycles. The van der Waals surface area contributed by atoms with Gasteiger partial charge in [0, 0.05) is 0 Å². The summed E-state index contributed by atoms with van der Waals surface area (Å²) < 4.78 is 19.7. The standard InChI is InChI=1S/C46H44O5P2/c1-5-33(3)45(47)50-41-31-19-29-39(43(41)52(35-21-11-7-12-22-35)36-23-13-8-14-24-36)49-40-30-20-32-42(51-46(48)34(4)6-2)44(40)53(37-25-15-9-16-26-37)38-27-17-10-18-28-38/h7-34H,5-6H2,1-4H3/t33-,34-/m0/s1. The Bertz CT molecular complexity index is 1880. The van der Waals surface area contributed by atoms with E-state index in [-0.39, 0.29) is 23.8 Å². The van der Waals surface area contributed by atoms with Gasteiger partial charge >= 0.3 is 11.9 Å². The van der Waals surface area contributed by atoms with Gasteiger partial charge in [0.15, 0.2) is 0 Å². The van der Waals surface area contributed by atoms with Crippen LogP contribution in [0.1, 0.15) is 40.5 Å². The first-order valence-corrected chi connectivity index (χ1v) is 20.8. The molecule has 0 radical (unpaired) electrons. The highest BCUT2D eigenvalue weighted by Gasteiger charge is 2.31. The van der Waals surface area contributed by atoms with E-state index in [0.717, 1.165) is 31.8 Å². The highest BCUT2D eigenvalue weighted by molar-refractivity contribution is 7.80. The number of hydrogen-bond donors (Lipinski definition) is 0. The van der Waals surface area contributed by atoms with Gasteiger partial charge in [0.05, 0.1) is 22.4 Å². The Morgan fingerprint density at radius 1 is 0.434 bits per heavy atom. The number of benzene rings is 6. The second-order valence-electron chi connectivity index (χ2n) is 12.8. The van der Waals surface area contributed by atoms with Crippen LogP contribution in [0.4, 0.5) is 0 Å². The van der Waals surface area contributed by atoms with Crippen LogP contribution in [0.15, 0.2) is 158 Å². The zero-order valence-electron chi connectivity index (χ0n) is 30.5. The van der Waals surface area contributed by atoms with Gasteiger partial charge in [-0.25, -0.2) is 0 Å². The van der Waals surface area contributed by atoms with E-state index in [0.29, 0.717) is 35.8 Å². The Kier molecular flexibility index (Phi) is 12.9. The van der Waals surface area contributed by atoms with Gasteiger partial charge in [-0.05, 0) is 74.2 Å². The third-order valence-corrected chi connectivity index (χ3v) is 14.1. The number of esters is 2. The lowest BCUT2D eigenvalue weighted by Gasteiger charge is -2.27. The Morgan fingerprint density at radius 2 is 0.717 bits per heavy atom. The van der Waals surface area contributed by atoms with Crippen molar-refractivity contribution in [3.8, 4) is 23.0 Å². The van der Waals surface area contributed by atoms with Gasteiger partial charge in [-0.1, -0.05) is 161 Å². The van der Waals surface area contributed by atoms with E-state index in [1.807, 2.05) is 137 Å². The molecule has 0 aliphatic rings. The molecule has 7 heteroatoms. The number of carbonyl (C=O) groups excluding carboxylic acids is 2. The van der Waals surface area contributed by atoms with Gasteiger partial charge in [0.1, 0.15) is 23.0 Å². The molecular weight excluding hydrogens is 694 g/mol. The zero-order valence-corrected chi connectivity index (χ0v) is 32.3. The smallest absolute Gasteiger partial charge is 0.314 e. The summed E-state index contributed by atoms with van der Waals surface area (Å²) in [5, 5.41) is 5.90. The lowest BCUT2D eigenvalue weighted by Crippen LogP contribution is -2.28. The predicted octanol–water partition coefficient (Wildman–Crippen LogP) is 8.90. The minimum atomic E-state index is -1.27. The molecule has 5 nitrogen and oxygen atoms in total. The van der Waals surface area contributed by atoms with E-state index in [1.165, 1.54) is 0 Å². The fourth-order valence-corrected chi connectivity index (χ4v) is 10.6. The monoisotopic (exact) mass is 738 g/mol. The van der Waals surface area contributed by atoms with Crippen LogP contribution in [0.3, 0.4) is 0 Å². The average molecular weight is 739 g/mol. The van der Waals surface area contributed by atoms with E-state index >= 15 is 0 Å². The van der Waals surface area contributed by atoms with E-state index in [1.54, 1.807) is 0 Å². The zero-order chi connectivity index (χ0) is 37.2. The topological polar surface area (TPSA) is 61.8 Å². The van der Waals surface area contributed by atoms with Gasteiger partial charge in [0.25, 0.3) is 0 Å². The summed E-state index contributed by atoms with van der Waals surface area (Å²) in [6.45, 7) is 7.72. The molecule has 0 heterocycles. The maximum absolute atomic E-state index is 13.4. The molecule has 0 bridgehead atoms. The quantitative estimate of drug-likeness (QED) is 0.0635. The molecule has 6 aromatic rings. The summed E-state index contributed by atoms with van der Waals surface area (Å²) in [5.41, 5.74) is 0. The molecule has 53 heavy (non-hydrogen) atoms. The fraction of sp³-hybridized carbons (Fsp3) is 0.174. The lowest BCUT2D eigenvalue weighted by atomic mass is 10.1. The molecule has 0 fully saturated rings. The molecule has 0 amide bonds. The lowest BCUT2D eigenvalue weighted by molar-refractivity contribution is -0.139. The predicted molar refractivity (Wildman–Crippen MR) is 221 cm³/mol. The van der Waals surface area contributed by atoms with Crippen molar-refractivity contribution in [3.63, 3.8) is 0 Å². The maximum Gasteiger partial charge on any atom is 0.314 e. The fourth-order valence-electron chi connectivity index (χ4n) is 5.77. The van der Waals surface area contributed by atoms with Crippen LogP contribution in [0.5, 0.6) is 23.0 Å². The molecule has 6 rings (SSSR count). The SMILES string of the molecule is CC[C@H](C)C(=O)Oc1cccc(Oc2cccc(OC(=O)[C@@H](C)CC)c2P(c2ccccc2)c2ccccc2)c1P(c1ccccc1)c1ccccc1. The highest BCUT2D eigenvalue weighted by Crippen LogP contribution is 2.45. The number of carbonyl (C=O) groups is 2. The third-order valence-electron chi connectivity index (χ3n) is 9.10. The Morgan fingerprint density at radius 3 is 1.00 bits per heavy atom. The summed E-state index contributed by atoms with van der Waals surface area (Å²) in [5.74, 6) is 0.882. The first kappa shape index (κ1) is 37.7. The van der Waals surface area contributed by atoms with Gasteiger partial charge in [0.2, 0.25) is 0 Å². The van der Waals surface area contributed by atoms with E-state index in [9.17, 15) is 9.59 Å². The first-order chi connectivity index (χ1) is 25.9. The van der Waals surface area contributed by atoms with E-state index in [4.69, 9.17) is 14.2 Å². The highest BCUT2D eigenvalue weighted by atomic mass is 31.1. The van der Waals surface area contributed by atoms with Crippen LogP contribution in [0, 0.1) is 11.8 Å². The molecule has 0 unspecified atom stereocenters. The Labute approximate surface area is 315 Å². The summed E-state index contributed by atoms with van der Waals surface area (Å²) in [6, 6.07) is 52.5. The van der Waals surface area contributed by atoms with Crippen LogP contribution in [-0.4, -0.2) is 11.9 Å². The molecule has 268 valence electrons. The van der Waals surface area contributed by atoms with Crippen molar-refractivity contribution in [1.82, 2.24) is 0 Å². The minimum Gasteiger partial charge on any atom is -0.456 e. The van der Waals surface area contributed by atoms with E-state index < -0.39 is 15.8 Å². The van der Waals surface area contributed by atoms with Crippen molar-refractivity contribution in [2.45, 2.75) is 40.5 Å². The van der Waals surface area contributed by atoms with Gasteiger partial charge in [-0.15, -0.1) is 0 Å². The normalized spacial score (nSPS) is 12.3. The van der Waals surface area contributed by atoms with Crippen LogP contribution < -0.4 is 46.0 Å². The number of rotatable bonds is 14. The molecule has 0 N–H and O–H groups in total. The molecule has 0 aliphatic carbocycles. The van der Waals surface area contributed by atoms with Crippen molar-refractivity contribution in [3.05, 3.63) is 158 Å². The van der Waals surface area contributed by atoms with Crippen LogP contribution in [0.25, 0.3) is 0 Å². The number of hydrogen-bond acceptors (Lipinski definition) is 5. The Hall–Kier alpha value is -5.08. The van der Waals surface area contributed by atoms with Crippen molar-refractivity contribution in [1.29, 1.82) is 0 Å². The maximum atomic E-state index is 13.4. The summed E-state index contributed by atoms with van der Waals surface area (Å²) in [6.07, 6.45) is 1.31. The molecular formula is C46H44O5P2.